The third-order valence-corrected chi connectivity index (χ3v) is 4.69. The van der Waals surface area contributed by atoms with Crippen LogP contribution in [0.25, 0.3) is 0 Å². The van der Waals surface area contributed by atoms with E-state index in [4.69, 9.17) is 5.73 Å². The Morgan fingerprint density at radius 3 is 2.70 bits per heavy atom. The Bertz CT molecular complexity index is 315. The van der Waals surface area contributed by atoms with E-state index in [2.05, 4.69) is 10.2 Å². The Labute approximate surface area is 123 Å². The van der Waals surface area contributed by atoms with Crippen LogP contribution >= 0.6 is 0 Å². The molecule has 0 bridgehead atoms. The summed E-state index contributed by atoms with van der Waals surface area (Å²) in [6.07, 6.45) is 7.02. The van der Waals surface area contributed by atoms with Crippen molar-refractivity contribution in [2.45, 2.75) is 64.5 Å². The number of carbonyl (C=O) groups excluding carboxylic acids is 1. The van der Waals surface area contributed by atoms with E-state index in [-0.39, 0.29) is 17.9 Å². The number of likely N-dealkylation sites (tertiary alicyclic amines) is 1. The molecule has 1 amide bonds. The molecule has 1 heterocycles. The van der Waals surface area contributed by atoms with Crippen LogP contribution in [0.1, 0.15) is 52.4 Å². The maximum Gasteiger partial charge on any atom is 0.222 e. The van der Waals surface area contributed by atoms with E-state index >= 15 is 0 Å². The van der Waals surface area contributed by atoms with Crippen molar-refractivity contribution >= 4 is 5.91 Å². The van der Waals surface area contributed by atoms with Gasteiger partial charge >= 0.3 is 0 Å². The number of rotatable bonds is 8. The van der Waals surface area contributed by atoms with Crippen molar-refractivity contribution in [1.29, 1.82) is 0 Å². The number of nitrogens with zero attached hydrogens (tertiary/aromatic N) is 1. The Balaban J connectivity index is 1.57. The molecule has 3 unspecified atom stereocenters. The van der Waals surface area contributed by atoms with Crippen molar-refractivity contribution in [2.24, 2.45) is 17.6 Å². The maximum absolute atomic E-state index is 12.0. The number of hydrogen-bond donors (Lipinski definition) is 2. The van der Waals surface area contributed by atoms with Gasteiger partial charge in [-0.2, -0.15) is 0 Å². The van der Waals surface area contributed by atoms with Crippen LogP contribution in [0.2, 0.25) is 0 Å². The minimum atomic E-state index is 0.120. The predicted octanol–water partition coefficient (Wildman–Crippen LogP) is 1.74. The number of carbonyl (C=O) groups is 1. The summed E-state index contributed by atoms with van der Waals surface area (Å²) < 4.78 is 0. The zero-order chi connectivity index (χ0) is 14.5. The molecule has 0 aromatic heterocycles. The molecular formula is C16H31N3O. The highest BCUT2D eigenvalue weighted by atomic mass is 16.1. The van der Waals surface area contributed by atoms with Crippen LogP contribution in [-0.2, 0) is 4.79 Å². The van der Waals surface area contributed by atoms with Crippen LogP contribution in [0.4, 0.5) is 0 Å². The van der Waals surface area contributed by atoms with Crippen LogP contribution in [-0.4, -0.2) is 42.5 Å². The minimum Gasteiger partial charge on any atom is -0.356 e. The lowest BCUT2D eigenvalue weighted by Crippen LogP contribution is -2.34. The van der Waals surface area contributed by atoms with E-state index in [1.165, 1.54) is 32.4 Å². The number of hydrogen-bond acceptors (Lipinski definition) is 3. The first-order valence-electron chi connectivity index (χ1n) is 8.33. The molecule has 0 spiro atoms. The highest BCUT2D eigenvalue weighted by Gasteiger charge is 2.34. The predicted molar refractivity (Wildman–Crippen MR) is 82.4 cm³/mol. The molecule has 116 valence electrons. The molecule has 4 heteroatoms. The van der Waals surface area contributed by atoms with E-state index < -0.39 is 0 Å². The van der Waals surface area contributed by atoms with Crippen molar-refractivity contribution in [3.8, 4) is 0 Å². The van der Waals surface area contributed by atoms with Gasteiger partial charge in [-0.25, -0.2) is 0 Å². The molecule has 4 nitrogen and oxygen atoms in total. The molecule has 1 saturated carbocycles. The van der Waals surface area contributed by atoms with Gasteiger partial charge < -0.3 is 16.0 Å². The molecule has 1 aliphatic heterocycles. The van der Waals surface area contributed by atoms with E-state index in [9.17, 15) is 4.79 Å². The average molecular weight is 281 g/mol. The van der Waals surface area contributed by atoms with Gasteiger partial charge in [-0.05, 0) is 51.5 Å². The summed E-state index contributed by atoms with van der Waals surface area (Å²) >= 11 is 0. The molecule has 0 aromatic rings. The molecule has 2 rings (SSSR count). The summed E-state index contributed by atoms with van der Waals surface area (Å²) in [7, 11) is 0. The second-order valence-electron chi connectivity index (χ2n) is 6.94. The number of nitrogens with one attached hydrogen (secondary N) is 1. The van der Waals surface area contributed by atoms with Crippen molar-refractivity contribution in [3.05, 3.63) is 0 Å². The normalized spacial score (nSPS) is 26.4. The second kappa shape index (κ2) is 7.41. The average Bonchev–Trinajstić information content (AvgIpc) is 3.15. The first-order valence-corrected chi connectivity index (χ1v) is 8.33. The molecule has 3 N–H and O–H groups in total. The van der Waals surface area contributed by atoms with Gasteiger partial charge in [-0.1, -0.05) is 13.3 Å². The van der Waals surface area contributed by atoms with Crippen LogP contribution < -0.4 is 11.1 Å². The fourth-order valence-electron chi connectivity index (χ4n) is 3.10. The van der Waals surface area contributed by atoms with Gasteiger partial charge in [-0.3, -0.25) is 4.79 Å². The van der Waals surface area contributed by atoms with Crippen LogP contribution in [0.15, 0.2) is 0 Å². The lowest BCUT2D eigenvalue weighted by atomic mass is 10.0. The quantitative estimate of drug-likeness (QED) is 0.712. The highest BCUT2D eigenvalue weighted by Crippen LogP contribution is 2.31. The van der Waals surface area contributed by atoms with Crippen LogP contribution in [0, 0.1) is 11.8 Å². The first kappa shape index (κ1) is 15.8. The van der Waals surface area contributed by atoms with Crippen molar-refractivity contribution in [1.82, 2.24) is 10.2 Å². The second-order valence-corrected chi connectivity index (χ2v) is 6.94. The van der Waals surface area contributed by atoms with Crippen LogP contribution in [0.3, 0.4) is 0 Å². The summed E-state index contributed by atoms with van der Waals surface area (Å²) in [6, 6.07) is 1.12. The Hall–Kier alpha value is -0.610. The summed E-state index contributed by atoms with van der Waals surface area (Å²) in [5.74, 6) is 1.00. The van der Waals surface area contributed by atoms with Gasteiger partial charge in [0.2, 0.25) is 5.91 Å². The van der Waals surface area contributed by atoms with E-state index in [1.54, 1.807) is 0 Å². The lowest BCUT2D eigenvalue weighted by molar-refractivity contribution is -0.124. The van der Waals surface area contributed by atoms with Gasteiger partial charge in [0.25, 0.3) is 0 Å². The Morgan fingerprint density at radius 1 is 1.30 bits per heavy atom. The van der Waals surface area contributed by atoms with Crippen molar-refractivity contribution in [2.75, 3.05) is 19.6 Å². The topological polar surface area (TPSA) is 58.4 Å². The van der Waals surface area contributed by atoms with Gasteiger partial charge in [-0.15, -0.1) is 0 Å². The largest absolute Gasteiger partial charge is 0.356 e. The lowest BCUT2D eigenvalue weighted by Gasteiger charge is -2.17. The van der Waals surface area contributed by atoms with Gasteiger partial charge in [0.1, 0.15) is 0 Å². The molecule has 3 atom stereocenters. The van der Waals surface area contributed by atoms with Gasteiger partial charge in [0.05, 0.1) is 0 Å². The minimum absolute atomic E-state index is 0.120. The smallest absolute Gasteiger partial charge is 0.222 e. The Morgan fingerprint density at radius 2 is 2.05 bits per heavy atom. The van der Waals surface area contributed by atoms with E-state index in [0.717, 1.165) is 31.8 Å². The molecule has 0 aromatic carbocycles. The first-order chi connectivity index (χ1) is 9.56. The third-order valence-electron chi connectivity index (χ3n) is 4.69. The van der Waals surface area contributed by atoms with Crippen LogP contribution in [0.5, 0.6) is 0 Å². The number of amides is 1. The van der Waals surface area contributed by atoms with Gasteiger partial charge in [0.15, 0.2) is 0 Å². The van der Waals surface area contributed by atoms with Crippen molar-refractivity contribution in [3.63, 3.8) is 0 Å². The summed E-state index contributed by atoms with van der Waals surface area (Å²) in [5, 5.41) is 3.15. The molecule has 2 aliphatic rings. The molecule has 0 radical (unpaired) electrons. The van der Waals surface area contributed by atoms with Gasteiger partial charge in [0, 0.05) is 31.1 Å². The maximum atomic E-state index is 12.0. The highest BCUT2D eigenvalue weighted by molar-refractivity contribution is 5.78. The molecular weight excluding hydrogens is 250 g/mol. The number of nitrogens with two attached hydrogens (primary N) is 1. The third kappa shape index (κ3) is 5.06. The summed E-state index contributed by atoms with van der Waals surface area (Å²) in [6.45, 7) is 7.33. The molecule has 20 heavy (non-hydrogen) atoms. The summed E-state index contributed by atoms with van der Waals surface area (Å²) in [5.41, 5.74) is 5.73. The fourth-order valence-corrected chi connectivity index (χ4v) is 3.10. The molecule has 1 aliphatic carbocycles. The molecule has 1 saturated heterocycles. The van der Waals surface area contributed by atoms with Crippen molar-refractivity contribution < 1.29 is 4.79 Å². The zero-order valence-corrected chi connectivity index (χ0v) is 13.1. The van der Waals surface area contributed by atoms with E-state index in [1.807, 2.05) is 13.8 Å². The molecule has 2 fully saturated rings. The monoisotopic (exact) mass is 281 g/mol. The zero-order valence-electron chi connectivity index (χ0n) is 13.1. The SMILES string of the molecule is CC(N)CCCC(C)C(=O)NCC1CCN(C2CC2)C1. The van der Waals surface area contributed by atoms with E-state index in [0.29, 0.717) is 5.92 Å². The fraction of sp³-hybridized carbons (Fsp3) is 0.938. The Kier molecular flexibility index (Phi) is 5.85. The summed E-state index contributed by atoms with van der Waals surface area (Å²) in [4.78, 5) is 14.6. The standard InChI is InChI=1S/C16H31N3O/c1-12(4-3-5-13(2)17)16(20)18-10-14-8-9-19(11-14)15-6-7-15/h12-15H,3-11,17H2,1-2H3,(H,18,20).